The summed E-state index contributed by atoms with van der Waals surface area (Å²) in [6, 6.07) is 4.49. The highest BCUT2D eigenvalue weighted by molar-refractivity contribution is 5.87. The maximum absolute atomic E-state index is 12.2. The number of nitrogens with one attached hydrogen (secondary N) is 1. The number of fused-ring (bicyclic) bond motifs is 2. The Hall–Kier alpha value is -2.62. The van der Waals surface area contributed by atoms with Gasteiger partial charge in [-0.05, 0) is 37.7 Å². The predicted molar refractivity (Wildman–Crippen MR) is 93.7 cm³/mol. The van der Waals surface area contributed by atoms with Crippen molar-refractivity contribution in [3.05, 3.63) is 18.6 Å². The smallest absolute Gasteiger partial charge is 0.239 e. The largest absolute Gasteiger partial charge is 0.356 e. The molecule has 0 bridgehead atoms. The standard InChI is InChI=1S/C18H22N6O/c1-11(7-19)18(25)24-8-12-5-14(6-13(12)9-24)23(2)17-15-3-4-20-16(15)21-10-22-17/h3-4,10-14H,5-6,8-9H2,1-2H3,(H,20,21,22). The summed E-state index contributed by atoms with van der Waals surface area (Å²) >= 11 is 0. The zero-order valence-corrected chi connectivity index (χ0v) is 14.5. The first-order valence-corrected chi connectivity index (χ1v) is 8.77. The van der Waals surface area contributed by atoms with Gasteiger partial charge in [0.1, 0.15) is 23.7 Å². The van der Waals surface area contributed by atoms with E-state index in [4.69, 9.17) is 5.26 Å². The number of nitrogens with zero attached hydrogens (tertiary/aromatic N) is 5. The van der Waals surface area contributed by atoms with Crippen LogP contribution in [0.2, 0.25) is 0 Å². The molecule has 0 aromatic carbocycles. The normalized spacial score (nSPS) is 26.4. The van der Waals surface area contributed by atoms with Gasteiger partial charge >= 0.3 is 0 Å². The fraction of sp³-hybridized carbons (Fsp3) is 0.556. The molecule has 7 nitrogen and oxygen atoms in total. The van der Waals surface area contributed by atoms with E-state index in [9.17, 15) is 4.79 Å². The number of carbonyl (C=O) groups excluding carboxylic acids is 1. The summed E-state index contributed by atoms with van der Waals surface area (Å²) in [5.41, 5.74) is 0.859. The third-order valence-electron chi connectivity index (χ3n) is 5.82. The number of nitriles is 1. The zero-order chi connectivity index (χ0) is 17.6. The van der Waals surface area contributed by atoms with Crippen LogP contribution in [0.1, 0.15) is 19.8 Å². The lowest BCUT2D eigenvalue weighted by Gasteiger charge is -2.28. The average Bonchev–Trinajstić information content (AvgIpc) is 3.32. The van der Waals surface area contributed by atoms with Crippen LogP contribution in [0.5, 0.6) is 0 Å². The summed E-state index contributed by atoms with van der Waals surface area (Å²) in [6.07, 6.45) is 5.60. The molecule has 1 saturated carbocycles. The highest BCUT2D eigenvalue weighted by Crippen LogP contribution is 2.41. The fourth-order valence-corrected chi connectivity index (χ4v) is 4.41. The molecule has 3 atom stereocenters. The molecular formula is C18H22N6O. The molecule has 0 spiro atoms. The van der Waals surface area contributed by atoms with Gasteiger partial charge in [0.15, 0.2) is 0 Å². The number of anilines is 1. The van der Waals surface area contributed by atoms with Crippen LogP contribution >= 0.6 is 0 Å². The summed E-state index contributed by atoms with van der Waals surface area (Å²) in [7, 11) is 2.10. The van der Waals surface area contributed by atoms with E-state index in [-0.39, 0.29) is 5.91 Å². The molecule has 7 heteroatoms. The second kappa shape index (κ2) is 6.03. The lowest BCUT2D eigenvalue weighted by atomic mass is 10.0. The number of hydrogen-bond acceptors (Lipinski definition) is 5. The Kier molecular flexibility index (Phi) is 3.83. The Morgan fingerprint density at radius 3 is 2.80 bits per heavy atom. The molecule has 4 rings (SSSR count). The second-order valence-corrected chi connectivity index (χ2v) is 7.29. The third-order valence-corrected chi connectivity index (χ3v) is 5.82. The van der Waals surface area contributed by atoms with Gasteiger partial charge in [0, 0.05) is 32.4 Å². The summed E-state index contributed by atoms with van der Waals surface area (Å²) < 4.78 is 0. The van der Waals surface area contributed by atoms with Gasteiger partial charge in [-0.15, -0.1) is 0 Å². The van der Waals surface area contributed by atoms with Crippen molar-refractivity contribution in [2.45, 2.75) is 25.8 Å². The van der Waals surface area contributed by atoms with Crippen LogP contribution in [0.4, 0.5) is 5.82 Å². The number of likely N-dealkylation sites (tertiary alicyclic amines) is 1. The van der Waals surface area contributed by atoms with Gasteiger partial charge in [-0.1, -0.05) is 0 Å². The van der Waals surface area contributed by atoms with E-state index in [0.717, 1.165) is 42.8 Å². The van der Waals surface area contributed by atoms with E-state index < -0.39 is 5.92 Å². The van der Waals surface area contributed by atoms with Gasteiger partial charge in [0.25, 0.3) is 0 Å². The van der Waals surface area contributed by atoms with Crippen molar-refractivity contribution < 1.29 is 4.79 Å². The van der Waals surface area contributed by atoms with E-state index in [1.165, 1.54) is 0 Å². The Morgan fingerprint density at radius 1 is 1.40 bits per heavy atom. The summed E-state index contributed by atoms with van der Waals surface area (Å²) in [4.78, 5) is 28.3. The van der Waals surface area contributed by atoms with Crippen LogP contribution in [-0.2, 0) is 4.79 Å². The van der Waals surface area contributed by atoms with Crippen LogP contribution in [0.15, 0.2) is 18.6 Å². The Labute approximate surface area is 146 Å². The third kappa shape index (κ3) is 2.62. The van der Waals surface area contributed by atoms with Crippen molar-refractivity contribution in [3.63, 3.8) is 0 Å². The molecule has 1 aliphatic heterocycles. The molecule has 3 unspecified atom stereocenters. The maximum Gasteiger partial charge on any atom is 0.239 e. The molecular weight excluding hydrogens is 316 g/mol. The van der Waals surface area contributed by atoms with Crippen molar-refractivity contribution in [1.82, 2.24) is 19.9 Å². The lowest BCUT2D eigenvalue weighted by molar-refractivity contribution is -0.132. The quantitative estimate of drug-likeness (QED) is 0.921. The van der Waals surface area contributed by atoms with Crippen LogP contribution in [0.3, 0.4) is 0 Å². The minimum absolute atomic E-state index is 0.0216. The summed E-state index contributed by atoms with van der Waals surface area (Å²) in [5, 5.41) is 10.0. The van der Waals surface area contributed by atoms with E-state index in [1.54, 1.807) is 13.3 Å². The first-order valence-electron chi connectivity index (χ1n) is 8.77. The Morgan fingerprint density at radius 2 is 2.12 bits per heavy atom. The molecule has 1 amide bonds. The molecule has 25 heavy (non-hydrogen) atoms. The number of rotatable bonds is 3. The number of hydrogen-bond donors (Lipinski definition) is 1. The molecule has 130 valence electrons. The monoisotopic (exact) mass is 338 g/mol. The molecule has 1 N–H and O–H groups in total. The number of H-pyrrole nitrogens is 1. The number of aromatic nitrogens is 3. The molecule has 2 aliphatic rings. The first kappa shape index (κ1) is 15.9. The highest BCUT2D eigenvalue weighted by Gasteiger charge is 2.44. The SMILES string of the molecule is CC(C#N)C(=O)N1CC2CC(N(C)c3ncnc4[nH]ccc34)CC2C1. The zero-order valence-electron chi connectivity index (χ0n) is 14.5. The molecule has 1 aliphatic carbocycles. The average molecular weight is 338 g/mol. The van der Waals surface area contributed by atoms with Gasteiger partial charge in [-0.2, -0.15) is 5.26 Å². The number of amides is 1. The van der Waals surface area contributed by atoms with Gasteiger partial charge in [0.05, 0.1) is 11.5 Å². The second-order valence-electron chi connectivity index (χ2n) is 7.29. The van der Waals surface area contributed by atoms with Crippen LogP contribution < -0.4 is 4.90 Å². The van der Waals surface area contributed by atoms with E-state index in [0.29, 0.717) is 17.9 Å². The predicted octanol–water partition coefficient (Wildman–Crippen LogP) is 1.79. The highest BCUT2D eigenvalue weighted by atomic mass is 16.2. The van der Waals surface area contributed by atoms with Gasteiger partial charge in [-0.25, -0.2) is 9.97 Å². The molecule has 3 heterocycles. The van der Waals surface area contributed by atoms with Gasteiger partial charge < -0.3 is 14.8 Å². The maximum atomic E-state index is 12.2. The van der Waals surface area contributed by atoms with Crippen LogP contribution in [-0.4, -0.2) is 51.9 Å². The minimum atomic E-state index is -0.541. The Bertz CT molecular complexity index is 825. The van der Waals surface area contributed by atoms with Gasteiger partial charge in [-0.3, -0.25) is 4.79 Å². The fourth-order valence-electron chi connectivity index (χ4n) is 4.41. The van der Waals surface area contributed by atoms with Crippen molar-refractivity contribution in [1.29, 1.82) is 5.26 Å². The van der Waals surface area contributed by atoms with Crippen molar-refractivity contribution >= 4 is 22.8 Å². The van der Waals surface area contributed by atoms with Crippen molar-refractivity contribution in [2.24, 2.45) is 17.8 Å². The van der Waals surface area contributed by atoms with Crippen LogP contribution in [0, 0.1) is 29.1 Å². The number of carbonyl (C=O) groups is 1. The van der Waals surface area contributed by atoms with Crippen molar-refractivity contribution in [3.8, 4) is 6.07 Å². The molecule has 2 aromatic heterocycles. The van der Waals surface area contributed by atoms with Crippen molar-refractivity contribution in [2.75, 3.05) is 25.0 Å². The number of aromatic amines is 1. The molecule has 1 saturated heterocycles. The molecule has 2 fully saturated rings. The van der Waals surface area contributed by atoms with Gasteiger partial charge in [0.2, 0.25) is 5.91 Å². The van der Waals surface area contributed by atoms with E-state index in [2.05, 4.69) is 33.0 Å². The van der Waals surface area contributed by atoms with E-state index in [1.807, 2.05) is 17.2 Å². The first-order chi connectivity index (χ1) is 12.1. The minimum Gasteiger partial charge on any atom is -0.356 e. The topological polar surface area (TPSA) is 88.9 Å². The van der Waals surface area contributed by atoms with E-state index >= 15 is 0 Å². The lowest BCUT2D eigenvalue weighted by Crippen LogP contribution is -2.36. The molecule has 2 aromatic rings. The van der Waals surface area contributed by atoms with Crippen LogP contribution in [0.25, 0.3) is 11.0 Å². The summed E-state index contributed by atoms with van der Waals surface area (Å²) in [5.74, 6) is 1.44. The molecule has 0 radical (unpaired) electrons. The Balaban J connectivity index is 1.46. The summed E-state index contributed by atoms with van der Waals surface area (Å²) in [6.45, 7) is 3.25.